The molecule has 1 atom stereocenters. The van der Waals surface area contributed by atoms with Gasteiger partial charge in [-0.15, -0.1) is 0 Å². The van der Waals surface area contributed by atoms with Crippen LogP contribution in [-0.2, 0) is 0 Å². The molecule has 0 heterocycles. The zero-order chi connectivity index (χ0) is 17.0. The van der Waals surface area contributed by atoms with Crippen LogP contribution < -0.4 is 0 Å². The van der Waals surface area contributed by atoms with Crippen LogP contribution in [0.1, 0.15) is 28.4 Å². The summed E-state index contributed by atoms with van der Waals surface area (Å²) >= 11 is 0. The number of aliphatic hydroxyl groups is 1. The fourth-order valence-corrected chi connectivity index (χ4v) is 2.03. The number of ketones is 1. The number of nitro groups is 2. The Labute approximate surface area is 130 Å². The summed E-state index contributed by atoms with van der Waals surface area (Å²) in [4.78, 5) is 32.2. The third kappa shape index (κ3) is 3.95. The smallest absolute Gasteiger partial charge is 0.269 e. The number of nitrogens with zero attached hydrogens (tertiary/aromatic N) is 2. The Balaban J connectivity index is 2.11. The number of hydrogen-bond acceptors (Lipinski definition) is 6. The highest BCUT2D eigenvalue weighted by atomic mass is 16.6. The molecule has 0 amide bonds. The van der Waals surface area contributed by atoms with Gasteiger partial charge in [-0.3, -0.25) is 25.0 Å². The van der Waals surface area contributed by atoms with E-state index in [9.17, 15) is 30.1 Å². The van der Waals surface area contributed by atoms with E-state index in [2.05, 4.69) is 0 Å². The summed E-state index contributed by atoms with van der Waals surface area (Å²) in [5.74, 6) is -0.418. The predicted octanol–water partition coefficient (Wildman–Crippen LogP) is 2.81. The van der Waals surface area contributed by atoms with Gasteiger partial charge in [-0.2, -0.15) is 0 Å². The molecule has 0 aliphatic heterocycles. The molecular weight excluding hydrogens is 304 g/mol. The van der Waals surface area contributed by atoms with Gasteiger partial charge in [0.2, 0.25) is 0 Å². The van der Waals surface area contributed by atoms with Crippen molar-refractivity contribution in [2.45, 2.75) is 12.5 Å². The van der Waals surface area contributed by atoms with Gasteiger partial charge in [-0.1, -0.05) is 12.1 Å². The molecule has 8 nitrogen and oxygen atoms in total. The van der Waals surface area contributed by atoms with Crippen molar-refractivity contribution in [3.05, 3.63) is 79.9 Å². The number of nitro benzene ring substituents is 2. The number of aliphatic hydroxyl groups excluding tert-OH is 1. The van der Waals surface area contributed by atoms with Crippen LogP contribution in [0.2, 0.25) is 0 Å². The molecule has 0 aliphatic rings. The van der Waals surface area contributed by atoms with Gasteiger partial charge in [-0.05, 0) is 17.7 Å². The maximum Gasteiger partial charge on any atom is 0.269 e. The SMILES string of the molecule is O=C(C[C@@H](O)c1cccc([N+](=O)[O-])c1)c1ccc([N+](=O)[O-])cc1. The molecule has 1 N–H and O–H groups in total. The molecule has 0 saturated heterocycles. The fraction of sp³-hybridized carbons (Fsp3) is 0.133. The molecule has 2 aromatic rings. The van der Waals surface area contributed by atoms with Gasteiger partial charge in [0.25, 0.3) is 11.4 Å². The highest BCUT2D eigenvalue weighted by Gasteiger charge is 2.17. The number of benzene rings is 2. The monoisotopic (exact) mass is 316 g/mol. The Morgan fingerprint density at radius 2 is 1.61 bits per heavy atom. The Bertz CT molecular complexity index is 757. The summed E-state index contributed by atoms with van der Waals surface area (Å²) in [5, 5.41) is 31.3. The van der Waals surface area contributed by atoms with E-state index >= 15 is 0 Å². The van der Waals surface area contributed by atoms with Gasteiger partial charge >= 0.3 is 0 Å². The van der Waals surface area contributed by atoms with Gasteiger partial charge in [0.1, 0.15) is 0 Å². The lowest BCUT2D eigenvalue weighted by atomic mass is 10.00. The van der Waals surface area contributed by atoms with Gasteiger partial charge in [0.15, 0.2) is 5.78 Å². The third-order valence-corrected chi connectivity index (χ3v) is 3.24. The molecule has 0 fully saturated rings. The van der Waals surface area contributed by atoms with Gasteiger partial charge in [0.05, 0.1) is 16.0 Å². The lowest BCUT2D eigenvalue weighted by molar-refractivity contribution is -0.385. The van der Waals surface area contributed by atoms with E-state index in [0.29, 0.717) is 0 Å². The van der Waals surface area contributed by atoms with Crippen LogP contribution in [0, 0.1) is 20.2 Å². The largest absolute Gasteiger partial charge is 0.388 e. The second-order valence-electron chi connectivity index (χ2n) is 4.80. The molecule has 23 heavy (non-hydrogen) atoms. The van der Waals surface area contributed by atoms with Crippen LogP contribution in [-0.4, -0.2) is 20.7 Å². The molecule has 8 heteroatoms. The van der Waals surface area contributed by atoms with Crippen LogP contribution in [0.5, 0.6) is 0 Å². The van der Waals surface area contributed by atoms with Crippen molar-refractivity contribution < 1.29 is 19.7 Å². The second-order valence-corrected chi connectivity index (χ2v) is 4.80. The fourth-order valence-electron chi connectivity index (χ4n) is 2.03. The first-order valence-corrected chi connectivity index (χ1v) is 6.58. The highest BCUT2D eigenvalue weighted by Crippen LogP contribution is 2.23. The molecule has 0 bridgehead atoms. The highest BCUT2D eigenvalue weighted by molar-refractivity contribution is 5.96. The summed E-state index contributed by atoms with van der Waals surface area (Å²) in [6, 6.07) is 10.4. The number of carbonyl (C=O) groups is 1. The summed E-state index contributed by atoms with van der Waals surface area (Å²) in [5.41, 5.74) is 0.166. The van der Waals surface area contributed by atoms with Crippen molar-refractivity contribution in [2.24, 2.45) is 0 Å². The summed E-state index contributed by atoms with van der Waals surface area (Å²) in [6.07, 6.45) is -1.48. The average molecular weight is 316 g/mol. The number of non-ortho nitro benzene ring substituents is 2. The van der Waals surface area contributed by atoms with E-state index in [4.69, 9.17) is 0 Å². The van der Waals surface area contributed by atoms with Crippen LogP contribution in [0.4, 0.5) is 11.4 Å². The summed E-state index contributed by atoms with van der Waals surface area (Å²) < 4.78 is 0. The van der Waals surface area contributed by atoms with E-state index in [1.807, 2.05) is 0 Å². The Morgan fingerprint density at radius 1 is 1.00 bits per heavy atom. The lowest BCUT2D eigenvalue weighted by Crippen LogP contribution is -2.07. The first kappa shape index (κ1) is 16.2. The van der Waals surface area contributed by atoms with Crippen LogP contribution in [0.15, 0.2) is 48.5 Å². The van der Waals surface area contributed by atoms with Crippen LogP contribution in [0.3, 0.4) is 0 Å². The molecular formula is C15H12N2O6. The second kappa shape index (κ2) is 6.75. The molecule has 2 rings (SSSR count). The van der Waals surface area contributed by atoms with E-state index in [1.54, 1.807) is 0 Å². The van der Waals surface area contributed by atoms with Gasteiger partial charge < -0.3 is 5.11 Å². The van der Waals surface area contributed by atoms with E-state index in [-0.39, 0.29) is 28.9 Å². The molecule has 0 radical (unpaired) electrons. The molecule has 0 aromatic heterocycles. The Hall–Kier alpha value is -3.13. The summed E-state index contributed by atoms with van der Waals surface area (Å²) in [7, 11) is 0. The van der Waals surface area contributed by atoms with Crippen molar-refractivity contribution in [1.29, 1.82) is 0 Å². The molecule has 0 spiro atoms. The normalized spacial score (nSPS) is 11.7. The maximum atomic E-state index is 12.1. The van der Waals surface area contributed by atoms with E-state index < -0.39 is 21.7 Å². The molecule has 118 valence electrons. The number of Topliss-reactive ketones (excluding diaryl/α,β-unsaturated/α-hetero) is 1. The molecule has 0 aliphatic carbocycles. The van der Waals surface area contributed by atoms with Crippen molar-refractivity contribution >= 4 is 17.2 Å². The maximum absolute atomic E-state index is 12.1. The quantitative estimate of drug-likeness (QED) is 0.496. The van der Waals surface area contributed by atoms with Crippen molar-refractivity contribution in [3.63, 3.8) is 0 Å². The van der Waals surface area contributed by atoms with Crippen LogP contribution in [0.25, 0.3) is 0 Å². The predicted molar refractivity (Wildman–Crippen MR) is 80.1 cm³/mol. The van der Waals surface area contributed by atoms with Crippen molar-refractivity contribution in [3.8, 4) is 0 Å². The first-order valence-electron chi connectivity index (χ1n) is 6.58. The molecule has 0 saturated carbocycles. The minimum absolute atomic E-state index is 0.138. The van der Waals surface area contributed by atoms with Crippen molar-refractivity contribution in [1.82, 2.24) is 0 Å². The van der Waals surface area contributed by atoms with Gasteiger partial charge in [-0.25, -0.2) is 0 Å². The number of hydrogen-bond donors (Lipinski definition) is 1. The minimum Gasteiger partial charge on any atom is -0.388 e. The first-order chi connectivity index (χ1) is 10.9. The lowest BCUT2D eigenvalue weighted by Gasteiger charge is -2.10. The average Bonchev–Trinajstić information content (AvgIpc) is 2.54. The van der Waals surface area contributed by atoms with Gasteiger partial charge in [0, 0.05) is 36.2 Å². The molecule has 2 aromatic carbocycles. The van der Waals surface area contributed by atoms with E-state index in [0.717, 1.165) is 0 Å². The molecule has 0 unspecified atom stereocenters. The number of rotatable bonds is 6. The summed E-state index contributed by atoms with van der Waals surface area (Å²) in [6.45, 7) is 0. The third-order valence-electron chi connectivity index (χ3n) is 3.24. The zero-order valence-corrected chi connectivity index (χ0v) is 11.8. The standard InChI is InChI=1S/C15H12N2O6/c18-14(10-4-6-12(7-5-10)16(20)21)9-15(19)11-2-1-3-13(8-11)17(22)23/h1-8,15,19H,9H2/t15-/m1/s1. The topological polar surface area (TPSA) is 124 Å². The number of carbonyl (C=O) groups excluding carboxylic acids is 1. The van der Waals surface area contributed by atoms with Crippen molar-refractivity contribution in [2.75, 3.05) is 0 Å². The minimum atomic E-state index is -1.20. The Morgan fingerprint density at radius 3 is 2.17 bits per heavy atom. The zero-order valence-electron chi connectivity index (χ0n) is 11.8. The van der Waals surface area contributed by atoms with E-state index in [1.165, 1.54) is 48.5 Å². The Kier molecular flexibility index (Phi) is 4.77. The van der Waals surface area contributed by atoms with Crippen LogP contribution >= 0.6 is 0 Å².